The maximum atomic E-state index is 14.1. The molecule has 3 aromatic rings. The lowest BCUT2D eigenvalue weighted by atomic mass is 9.99. The van der Waals surface area contributed by atoms with E-state index in [1.165, 1.54) is 19.2 Å². The van der Waals surface area contributed by atoms with Gasteiger partial charge in [-0.3, -0.25) is 14.5 Å². The summed E-state index contributed by atoms with van der Waals surface area (Å²) in [6, 6.07) is 20.0. The molecule has 0 heterocycles. The number of aromatic hydroxyl groups is 1. The summed E-state index contributed by atoms with van der Waals surface area (Å²) in [7, 11) is 1.54. The number of amides is 3. The third kappa shape index (κ3) is 8.77. The maximum Gasteiger partial charge on any atom is 0.408 e. The third-order valence-corrected chi connectivity index (χ3v) is 5.96. The molecule has 0 bridgehead atoms. The summed E-state index contributed by atoms with van der Waals surface area (Å²) in [5.41, 5.74) is 1.66. The summed E-state index contributed by atoms with van der Waals surface area (Å²) in [4.78, 5) is 41.5. The molecule has 214 valence electrons. The second-order valence-electron chi connectivity index (χ2n) is 10.4. The van der Waals surface area contributed by atoms with Crippen molar-refractivity contribution in [1.29, 1.82) is 0 Å². The van der Waals surface area contributed by atoms with Gasteiger partial charge >= 0.3 is 6.09 Å². The number of anilines is 1. The number of nitrogens with one attached hydrogen (secondary N) is 2. The Morgan fingerprint density at radius 3 is 2.24 bits per heavy atom. The molecule has 0 spiro atoms. The molecule has 3 amide bonds. The number of hydrogen-bond acceptors (Lipinski definition) is 6. The van der Waals surface area contributed by atoms with Crippen molar-refractivity contribution in [2.75, 3.05) is 12.4 Å². The maximum absolute atomic E-state index is 14.1. The molecule has 0 aliphatic heterocycles. The first-order valence-corrected chi connectivity index (χ1v) is 13.0. The Morgan fingerprint density at radius 1 is 1.02 bits per heavy atom. The monoisotopic (exact) mass is 557 g/mol. The molecule has 3 aromatic carbocycles. The summed E-state index contributed by atoms with van der Waals surface area (Å²) in [6.45, 7) is 6.97. The molecule has 2 atom stereocenters. The van der Waals surface area contributed by atoms with Gasteiger partial charge in [-0.25, -0.2) is 4.79 Å². The van der Waals surface area contributed by atoms with Gasteiger partial charge in [0.15, 0.2) is 0 Å². The normalized spacial score (nSPS) is 12.3. The van der Waals surface area contributed by atoms with Gasteiger partial charge in [0.1, 0.15) is 29.2 Å². The van der Waals surface area contributed by atoms with Crippen molar-refractivity contribution in [3.05, 3.63) is 89.5 Å². The van der Waals surface area contributed by atoms with Crippen LogP contribution in [0.5, 0.6) is 11.5 Å². The van der Waals surface area contributed by atoms with E-state index < -0.39 is 35.6 Å². The molecule has 0 aliphatic carbocycles. The van der Waals surface area contributed by atoms with E-state index in [1.807, 2.05) is 13.0 Å². The Kier molecular flexibility index (Phi) is 9.99. The molecule has 3 N–H and O–H groups in total. The minimum Gasteiger partial charge on any atom is -0.508 e. The van der Waals surface area contributed by atoms with Crippen molar-refractivity contribution in [3.8, 4) is 24.0 Å². The SMILES string of the molecule is C#CN(C(=O)C(Cc1ccc(O)cc1)NC(=O)OC(C)(C)C)C(C(=O)Nc1ccc(OC)cc1)c1cccc(C)c1. The fraction of sp³-hybridized carbons (Fsp3) is 0.281. The van der Waals surface area contributed by atoms with Gasteiger partial charge in [0.2, 0.25) is 0 Å². The van der Waals surface area contributed by atoms with E-state index in [2.05, 4.69) is 16.7 Å². The lowest BCUT2D eigenvalue weighted by molar-refractivity contribution is -0.136. The zero-order valence-electron chi connectivity index (χ0n) is 23.8. The van der Waals surface area contributed by atoms with Crippen molar-refractivity contribution in [2.45, 2.75) is 51.8 Å². The number of carbonyl (C=O) groups excluding carboxylic acids is 3. The number of ether oxygens (including phenoxy) is 2. The fourth-order valence-corrected chi connectivity index (χ4v) is 4.09. The highest BCUT2D eigenvalue weighted by Crippen LogP contribution is 2.26. The summed E-state index contributed by atoms with van der Waals surface area (Å²) >= 11 is 0. The summed E-state index contributed by atoms with van der Waals surface area (Å²) < 4.78 is 10.6. The predicted octanol–water partition coefficient (Wildman–Crippen LogP) is 4.94. The van der Waals surface area contributed by atoms with Gasteiger partial charge in [0.25, 0.3) is 11.8 Å². The van der Waals surface area contributed by atoms with E-state index in [1.54, 1.807) is 75.4 Å². The van der Waals surface area contributed by atoms with Gasteiger partial charge in [-0.1, -0.05) is 48.4 Å². The molecule has 0 aliphatic rings. The zero-order valence-corrected chi connectivity index (χ0v) is 23.8. The Hall–Kier alpha value is -4.97. The molecule has 9 heteroatoms. The highest BCUT2D eigenvalue weighted by atomic mass is 16.6. The van der Waals surface area contributed by atoms with Gasteiger partial charge in [0, 0.05) is 18.2 Å². The number of aryl methyl sites for hydroxylation is 1. The molecular weight excluding hydrogens is 522 g/mol. The highest BCUT2D eigenvalue weighted by molar-refractivity contribution is 5.99. The first kappa shape index (κ1) is 30.6. The zero-order chi connectivity index (χ0) is 30.2. The first-order valence-electron chi connectivity index (χ1n) is 13.0. The van der Waals surface area contributed by atoms with E-state index in [0.29, 0.717) is 22.6 Å². The number of hydrogen-bond donors (Lipinski definition) is 3. The van der Waals surface area contributed by atoms with Gasteiger partial charge in [-0.2, -0.15) is 0 Å². The number of nitrogens with zero attached hydrogens (tertiary/aromatic N) is 1. The van der Waals surface area contributed by atoms with E-state index >= 15 is 0 Å². The van der Waals surface area contributed by atoms with E-state index in [4.69, 9.17) is 15.9 Å². The molecule has 0 saturated carbocycles. The molecule has 0 fully saturated rings. The van der Waals surface area contributed by atoms with Crippen LogP contribution in [0.2, 0.25) is 0 Å². The van der Waals surface area contributed by atoms with Crippen molar-refractivity contribution in [2.24, 2.45) is 0 Å². The van der Waals surface area contributed by atoms with Crippen LogP contribution >= 0.6 is 0 Å². The van der Waals surface area contributed by atoms with Crippen LogP contribution in [-0.2, 0) is 20.7 Å². The molecular formula is C32H35N3O6. The van der Waals surface area contributed by atoms with Crippen LogP contribution in [0.4, 0.5) is 10.5 Å². The van der Waals surface area contributed by atoms with Crippen molar-refractivity contribution in [3.63, 3.8) is 0 Å². The quantitative estimate of drug-likeness (QED) is 0.253. The van der Waals surface area contributed by atoms with Crippen molar-refractivity contribution < 1.29 is 29.0 Å². The second kappa shape index (κ2) is 13.4. The van der Waals surface area contributed by atoms with E-state index in [0.717, 1.165) is 10.5 Å². The third-order valence-electron chi connectivity index (χ3n) is 5.96. The minimum absolute atomic E-state index is 0.0250. The number of terminal acetylenes is 1. The predicted molar refractivity (Wildman–Crippen MR) is 156 cm³/mol. The van der Waals surface area contributed by atoms with Crippen molar-refractivity contribution in [1.82, 2.24) is 10.2 Å². The number of alkyl carbamates (subject to hydrolysis) is 1. The smallest absolute Gasteiger partial charge is 0.408 e. The second-order valence-corrected chi connectivity index (χ2v) is 10.4. The van der Waals surface area contributed by atoms with Gasteiger partial charge in [-0.15, -0.1) is 0 Å². The van der Waals surface area contributed by atoms with E-state index in [-0.39, 0.29) is 12.2 Å². The molecule has 2 unspecified atom stereocenters. The van der Waals surface area contributed by atoms with Crippen LogP contribution in [0.3, 0.4) is 0 Å². The molecule has 0 radical (unpaired) electrons. The van der Waals surface area contributed by atoms with E-state index in [9.17, 15) is 19.5 Å². The van der Waals surface area contributed by atoms with Gasteiger partial charge in [0.05, 0.1) is 7.11 Å². The Balaban J connectivity index is 2.00. The Bertz CT molecular complexity index is 1410. The molecule has 9 nitrogen and oxygen atoms in total. The number of phenols is 1. The lowest BCUT2D eigenvalue weighted by Crippen LogP contribution is -2.51. The average molecular weight is 558 g/mol. The Labute approximate surface area is 240 Å². The van der Waals surface area contributed by atoms with Crippen LogP contribution in [0.25, 0.3) is 0 Å². The average Bonchev–Trinajstić information content (AvgIpc) is 2.91. The number of benzene rings is 3. The largest absolute Gasteiger partial charge is 0.508 e. The topological polar surface area (TPSA) is 117 Å². The fourth-order valence-electron chi connectivity index (χ4n) is 4.09. The lowest BCUT2D eigenvalue weighted by Gasteiger charge is -2.30. The number of carbonyl (C=O) groups is 3. The van der Waals surface area contributed by atoms with Gasteiger partial charge < -0.3 is 25.2 Å². The van der Waals surface area contributed by atoms with Crippen LogP contribution in [0, 0.1) is 19.4 Å². The minimum atomic E-state index is -1.22. The van der Waals surface area contributed by atoms with Crippen molar-refractivity contribution >= 4 is 23.6 Å². The van der Waals surface area contributed by atoms with Crippen LogP contribution < -0.4 is 15.4 Å². The molecule has 3 rings (SSSR count). The van der Waals surface area contributed by atoms with Gasteiger partial charge in [-0.05, 0) is 75.2 Å². The highest BCUT2D eigenvalue weighted by Gasteiger charge is 2.36. The molecule has 0 saturated heterocycles. The van der Waals surface area contributed by atoms with Crippen LogP contribution in [0.15, 0.2) is 72.8 Å². The first-order chi connectivity index (χ1) is 19.4. The number of phenolic OH excluding ortho intramolecular Hbond substituents is 1. The number of methoxy groups -OCH3 is 1. The summed E-state index contributed by atoms with van der Waals surface area (Å²) in [6.07, 6.45) is 5.09. The number of rotatable bonds is 9. The van der Waals surface area contributed by atoms with Crippen LogP contribution in [-0.4, -0.2) is 46.7 Å². The summed E-state index contributed by atoms with van der Waals surface area (Å²) in [5.74, 6) is -0.573. The Morgan fingerprint density at radius 2 is 1.68 bits per heavy atom. The summed E-state index contributed by atoms with van der Waals surface area (Å²) in [5, 5.41) is 15.1. The standard InChI is InChI=1S/C32H35N3O6/c1-7-35(30(38)27(34-31(39)41-32(3,4)5)20-22-11-15-25(36)16-12-22)28(23-10-8-9-21(2)19-23)29(37)33-24-13-17-26(40-6)18-14-24/h1,8-19,27-28,36H,20H2,2-6H3,(H,33,37)(H,34,39). The van der Waals surface area contributed by atoms with Crippen LogP contribution in [0.1, 0.15) is 43.5 Å². The molecule has 0 aromatic heterocycles. The molecule has 41 heavy (non-hydrogen) atoms.